The van der Waals surface area contributed by atoms with Gasteiger partial charge in [0.1, 0.15) is 17.9 Å². The Morgan fingerprint density at radius 1 is 0.917 bits per heavy atom. The number of nitrogens with two attached hydrogens (primary N) is 2. The van der Waals surface area contributed by atoms with E-state index < -0.39 is 39.8 Å². The molecule has 0 fully saturated rings. The van der Waals surface area contributed by atoms with Crippen molar-refractivity contribution in [2.45, 2.75) is 44.8 Å². The maximum absolute atomic E-state index is 13.1. The van der Waals surface area contributed by atoms with Crippen molar-refractivity contribution < 1.29 is 22.8 Å². The molecule has 0 spiro atoms. The van der Waals surface area contributed by atoms with Gasteiger partial charge < -0.3 is 22.1 Å². The minimum absolute atomic E-state index is 0.0607. The van der Waals surface area contributed by atoms with Gasteiger partial charge in [-0.25, -0.2) is 13.1 Å². The molecule has 0 aliphatic carbocycles. The molecule has 3 amide bonds. The van der Waals surface area contributed by atoms with Crippen molar-refractivity contribution in [3.05, 3.63) is 71.3 Å². The Balaban J connectivity index is 2.15. The van der Waals surface area contributed by atoms with Crippen molar-refractivity contribution in [2.75, 3.05) is 5.75 Å². The zero-order chi connectivity index (χ0) is 26.7. The third kappa shape index (κ3) is 9.47. The fourth-order valence-corrected chi connectivity index (χ4v) is 4.07. The van der Waals surface area contributed by atoms with Gasteiger partial charge in [-0.15, -0.1) is 0 Å². The Morgan fingerprint density at radius 2 is 1.56 bits per heavy atom. The molecule has 11 nitrogen and oxygen atoms in total. The van der Waals surface area contributed by atoms with Crippen molar-refractivity contribution in [2.24, 2.45) is 11.5 Å². The van der Waals surface area contributed by atoms with E-state index in [1.54, 1.807) is 54.6 Å². The van der Waals surface area contributed by atoms with Crippen molar-refractivity contribution in [3.63, 3.8) is 0 Å². The lowest BCUT2D eigenvalue weighted by molar-refractivity contribution is -0.130. The van der Waals surface area contributed by atoms with Gasteiger partial charge in [0, 0.05) is 18.5 Å². The van der Waals surface area contributed by atoms with E-state index in [1.807, 2.05) is 0 Å². The number of hydrogen-bond acceptors (Lipinski definition) is 6. The van der Waals surface area contributed by atoms with Gasteiger partial charge in [-0.1, -0.05) is 54.6 Å². The fourth-order valence-electron chi connectivity index (χ4n) is 3.28. The third-order valence-corrected chi connectivity index (χ3v) is 6.75. The van der Waals surface area contributed by atoms with Crippen molar-refractivity contribution in [1.29, 1.82) is 5.41 Å². The van der Waals surface area contributed by atoms with Gasteiger partial charge >= 0.3 is 0 Å². The molecule has 0 radical (unpaired) electrons. The van der Waals surface area contributed by atoms with Crippen molar-refractivity contribution in [3.8, 4) is 0 Å². The molecule has 0 aliphatic rings. The highest BCUT2D eigenvalue weighted by atomic mass is 32.2. The molecule has 0 saturated heterocycles. The first-order chi connectivity index (χ1) is 17.0. The van der Waals surface area contributed by atoms with E-state index >= 15 is 0 Å². The van der Waals surface area contributed by atoms with E-state index in [4.69, 9.17) is 16.9 Å². The normalized spacial score (nSPS) is 12.8. The summed E-state index contributed by atoms with van der Waals surface area (Å²) in [5.74, 6) is -2.21. The van der Waals surface area contributed by atoms with E-state index in [-0.39, 0.29) is 37.4 Å². The molecule has 0 aromatic heterocycles. The Kier molecular flexibility index (Phi) is 10.6. The van der Waals surface area contributed by atoms with Crippen LogP contribution in [0.2, 0.25) is 0 Å². The molecule has 0 aliphatic heterocycles. The predicted molar refractivity (Wildman–Crippen MR) is 136 cm³/mol. The van der Waals surface area contributed by atoms with Crippen LogP contribution in [-0.2, 0) is 37.4 Å². The number of amidine groups is 1. The molecule has 194 valence electrons. The van der Waals surface area contributed by atoms with E-state index in [1.165, 1.54) is 6.92 Å². The maximum atomic E-state index is 13.1. The molecule has 36 heavy (non-hydrogen) atoms. The highest BCUT2D eigenvalue weighted by Crippen LogP contribution is 2.08. The molecular formula is C24H32N6O5S. The monoisotopic (exact) mass is 516 g/mol. The average molecular weight is 517 g/mol. The number of hydrogen-bond donors (Lipinski definition) is 6. The fraction of sp³-hybridized carbons (Fsp3) is 0.333. The zero-order valence-corrected chi connectivity index (χ0v) is 20.8. The average Bonchev–Trinajstić information content (AvgIpc) is 2.85. The summed E-state index contributed by atoms with van der Waals surface area (Å²) in [5, 5.41) is 12.7. The lowest BCUT2D eigenvalue weighted by Crippen LogP contribution is -2.54. The van der Waals surface area contributed by atoms with Crippen LogP contribution in [0.1, 0.15) is 36.5 Å². The summed E-state index contributed by atoms with van der Waals surface area (Å²) in [6, 6.07) is 13.2. The summed E-state index contributed by atoms with van der Waals surface area (Å²) in [5.41, 5.74) is 12.7. The van der Waals surface area contributed by atoms with Crippen LogP contribution in [0.15, 0.2) is 54.6 Å². The molecule has 0 saturated carbocycles. The van der Waals surface area contributed by atoms with Crippen LogP contribution in [-0.4, -0.2) is 49.8 Å². The second-order valence-corrected chi connectivity index (χ2v) is 10.2. The smallest absolute Gasteiger partial charge is 0.242 e. The molecular weight excluding hydrogens is 484 g/mol. The van der Waals surface area contributed by atoms with Gasteiger partial charge in [-0.05, 0) is 30.9 Å². The number of primary amides is 1. The number of nitrogens with one attached hydrogen (secondary N) is 4. The van der Waals surface area contributed by atoms with Gasteiger partial charge in [0.05, 0.1) is 5.75 Å². The van der Waals surface area contributed by atoms with Crippen LogP contribution in [0.5, 0.6) is 0 Å². The van der Waals surface area contributed by atoms with Gasteiger partial charge in [-0.3, -0.25) is 19.8 Å². The first kappa shape index (κ1) is 28.5. The number of rotatable bonds is 14. The lowest BCUT2D eigenvalue weighted by Gasteiger charge is -2.23. The van der Waals surface area contributed by atoms with Crippen LogP contribution < -0.4 is 26.8 Å². The van der Waals surface area contributed by atoms with Crippen molar-refractivity contribution in [1.82, 2.24) is 15.4 Å². The van der Waals surface area contributed by atoms with E-state index in [0.29, 0.717) is 5.56 Å². The van der Waals surface area contributed by atoms with Gasteiger partial charge in [0.2, 0.25) is 27.7 Å². The third-order valence-electron chi connectivity index (χ3n) is 5.35. The van der Waals surface area contributed by atoms with Crippen LogP contribution in [0.3, 0.4) is 0 Å². The number of amides is 3. The SMILES string of the molecule is CCS(=O)(=O)NC(Cc1ccccc1)C(=O)NC(CCC(N)=O)C(=O)NCc1ccc(C(=N)N)cc1. The van der Waals surface area contributed by atoms with Crippen molar-refractivity contribution >= 4 is 33.6 Å². The quantitative estimate of drug-likeness (QED) is 0.149. The van der Waals surface area contributed by atoms with Gasteiger partial charge in [0.25, 0.3) is 0 Å². The van der Waals surface area contributed by atoms with E-state index in [9.17, 15) is 22.8 Å². The van der Waals surface area contributed by atoms with Crippen LogP contribution in [0.25, 0.3) is 0 Å². The van der Waals surface area contributed by atoms with Gasteiger partial charge in [0.15, 0.2) is 0 Å². The standard InChI is InChI=1S/C24H32N6O5S/c1-2-36(34,35)30-20(14-16-6-4-3-5-7-16)24(33)29-19(12-13-21(25)31)23(32)28-15-17-8-10-18(11-9-17)22(26)27/h3-11,19-20,30H,2,12-15H2,1H3,(H2,25,31)(H3,26,27)(H,28,32)(H,29,33). The summed E-state index contributed by atoms with van der Waals surface area (Å²) < 4.78 is 26.8. The summed E-state index contributed by atoms with van der Waals surface area (Å²) in [7, 11) is -3.73. The predicted octanol–water partition coefficient (Wildman–Crippen LogP) is -0.112. The molecule has 12 heteroatoms. The first-order valence-electron chi connectivity index (χ1n) is 11.3. The molecule has 8 N–H and O–H groups in total. The summed E-state index contributed by atoms with van der Waals surface area (Å²) >= 11 is 0. The molecule has 2 rings (SSSR count). The second kappa shape index (κ2) is 13.4. The second-order valence-electron chi connectivity index (χ2n) is 8.16. The molecule has 2 aromatic rings. The first-order valence-corrected chi connectivity index (χ1v) is 13.0. The number of nitrogen functional groups attached to an aromatic ring is 1. The number of carbonyl (C=O) groups excluding carboxylic acids is 3. The Labute approximate surface area is 210 Å². The number of carbonyl (C=O) groups is 3. The largest absolute Gasteiger partial charge is 0.384 e. The Bertz CT molecular complexity index is 1170. The highest BCUT2D eigenvalue weighted by Gasteiger charge is 2.28. The summed E-state index contributed by atoms with van der Waals surface area (Å²) in [6.45, 7) is 1.57. The number of sulfonamides is 1. The molecule has 2 atom stereocenters. The van der Waals surface area contributed by atoms with Gasteiger partial charge in [-0.2, -0.15) is 0 Å². The Morgan fingerprint density at radius 3 is 2.11 bits per heavy atom. The van der Waals surface area contributed by atoms with Crippen LogP contribution in [0.4, 0.5) is 0 Å². The zero-order valence-electron chi connectivity index (χ0n) is 20.0. The van der Waals surface area contributed by atoms with Crippen LogP contribution in [0, 0.1) is 5.41 Å². The minimum atomic E-state index is -3.73. The topological polar surface area (TPSA) is 197 Å². The summed E-state index contributed by atoms with van der Waals surface area (Å²) in [6.07, 6.45) is -0.150. The summed E-state index contributed by atoms with van der Waals surface area (Å²) in [4.78, 5) is 37.3. The van der Waals surface area contributed by atoms with Crippen LogP contribution >= 0.6 is 0 Å². The molecule has 0 heterocycles. The molecule has 0 bridgehead atoms. The lowest BCUT2D eigenvalue weighted by atomic mass is 10.0. The number of benzene rings is 2. The van der Waals surface area contributed by atoms with E-state index in [2.05, 4.69) is 15.4 Å². The van der Waals surface area contributed by atoms with E-state index in [0.717, 1.165) is 11.1 Å². The maximum Gasteiger partial charge on any atom is 0.242 e. The molecule has 2 unspecified atom stereocenters. The highest BCUT2D eigenvalue weighted by molar-refractivity contribution is 7.89. The minimum Gasteiger partial charge on any atom is -0.384 e. The Hall–Kier alpha value is -3.77. The molecule has 2 aromatic carbocycles.